The molecule has 0 aromatic heterocycles. The van der Waals surface area contributed by atoms with Gasteiger partial charge in [-0.1, -0.05) is 0 Å². The van der Waals surface area contributed by atoms with Crippen LogP contribution in [-0.2, 0) is 28.4 Å². The zero-order chi connectivity index (χ0) is 17.2. The number of methoxy groups -OCH3 is 1. The summed E-state index contributed by atoms with van der Waals surface area (Å²) in [6.07, 6.45) is 2.69. The Kier molecular flexibility index (Phi) is 5.92. The molecule has 138 valence electrons. The minimum atomic E-state index is -0.789. The van der Waals surface area contributed by atoms with E-state index in [1.807, 2.05) is 19.9 Å². The van der Waals surface area contributed by atoms with Crippen LogP contribution in [0.5, 0.6) is 0 Å². The van der Waals surface area contributed by atoms with Crippen molar-refractivity contribution in [2.24, 2.45) is 0 Å². The van der Waals surface area contributed by atoms with Crippen molar-refractivity contribution in [3.63, 3.8) is 0 Å². The fraction of sp³-hybridized carbons (Fsp3) is 0.882. The van der Waals surface area contributed by atoms with Crippen LogP contribution in [0.25, 0.3) is 0 Å². The quantitative estimate of drug-likeness (QED) is 0.575. The Bertz CT molecular complexity index is 444. The Morgan fingerprint density at radius 1 is 1.21 bits per heavy atom. The molecule has 2 unspecified atom stereocenters. The van der Waals surface area contributed by atoms with Crippen LogP contribution < -0.4 is 0 Å². The predicted molar refractivity (Wildman–Crippen MR) is 84.2 cm³/mol. The fourth-order valence-electron chi connectivity index (χ4n) is 3.39. The molecular formula is C17H28O7. The van der Waals surface area contributed by atoms with E-state index in [9.17, 15) is 5.11 Å². The maximum absolute atomic E-state index is 10.7. The van der Waals surface area contributed by atoms with Gasteiger partial charge >= 0.3 is 0 Å². The summed E-state index contributed by atoms with van der Waals surface area (Å²) in [7, 11) is 1.57. The number of hydrogen-bond donors (Lipinski definition) is 1. The summed E-state index contributed by atoms with van der Waals surface area (Å²) in [5.74, 6) is -0.762. The first-order valence-corrected chi connectivity index (χ1v) is 8.58. The molecule has 2 heterocycles. The van der Waals surface area contributed by atoms with Crippen LogP contribution in [0.2, 0.25) is 0 Å². The molecule has 0 bridgehead atoms. The van der Waals surface area contributed by atoms with Gasteiger partial charge in [-0.25, -0.2) is 0 Å². The van der Waals surface area contributed by atoms with Crippen LogP contribution in [0.1, 0.15) is 33.1 Å². The fourth-order valence-corrected chi connectivity index (χ4v) is 3.39. The molecule has 0 radical (unpaired) electrons. The molecule has 3 aliphatic rings. The van der Waals surface area contributed by atoms with Gasteiger partial charge in [0.05, 0.1) is 6.61 Å². The van der Waals surface area contributed by atoms with Gasteiger partial charge in [0.15, 0.2) is 12.1 Å². The Hall–Kier alpha value is -0.540. The van der Waals surface area contributed by atoms with E-state index in [1.165, 1.54) is 0 Å². The molecule has 2 fully saturated rings. The maximum atomic E-state index is 10.7. The van der Waals surface area contributed by atoms with Crippen molar-refractivity contribution >= 4 is 0 Å². The third-order valence-electron chi connectivity index (χ3n) is 4.51. The van der Waals surface area contributed by atoms with E-state index in [2.05, 4.69) is 0 Å². The van der Waals surface area contributed by atoms with Crippen molar-refractivity contribution in [1.29, 1.82) is 0 Å². The lowest BCUT2D eigenvalue weighted by molar-refractivity contribution is -0.164. The Labute approximate surface area is 142 Å². The number of fused-ring (bicyclic) bond motifs is 1. The molecule has 3 rings (SSSR count). The molecule has 0 spiro atoms. The highest BCUT2D eigenvalue weighted by atomic mass is 16.8. The van der Waals surface area contributed by atoms with Gasteiger partial charge in [0, 0.05) is 13.7 Å². The molecule has 0 aromatic rings. The Morgan fingerprint density at radius 3 is 2.71 bits per heavy atom. The second-order valence-corrected chi connectivity index (χ2v) is 6.90. The third-order valence-corrected chi connectivity index (χ3v) is 4.51. The van der Waals surface area contributed by atoms with Gasteiger partial charge in [-0.15, -0.1) is 0 Å². The van der Waals surface area contributed by atoms with E-state index in [1.54, 1.807) is 7.11 Å². The lowest BCUT2D eigenvalue weighted by Crippen LogP contribution is -2.48. The molecule has 7 heteroatoms. The minimum Gasteiger partial charge on any atom is -0.386 e. The third kappa shape index (κ3) is 4.16. The summed E-state index contributed by atoms with van der Waals surface area (Å²) in [4.78, 5) is 0. The Balaban J connectivity index is 1.67. The van der Waals surface area contributed by atoms with E-state index in [4.69, 9.17) is 28.4 Å². The smallest absolute Gasteiger partial charge is 0.164 e. The van der Waals surface area contributed by atoms with Crippen molar-refractivity contribution in [1.82, 2.24) is 0 Å². The summed E-state index contributed by atoms with van der Waals surface area (Å²) in [5.41, 5.74) is 0.729. The van der Waals surface area contributed by atoms with Gasteiger partial charge in [0.1, 0.15) is 31.2 Å². The average Bonchev–Trinajstić information content (AvgIpc) is 2.90. The monoisotopic (exact) mass is 344 g/mol. The average molecular weight is 344 g/mol. The van der Waals surface area contributed by atoms with Gasteiger partial charge in [-0.05, 0) is 44.8 Å². The molecule has 1 aliphatic carbocycles. The van der Waals surface area contributed by atoms with Gasteiger partial charge in [-0.3, -0.25) is 0 Å². The number of aliphatic hydroxyl groups excluding tert-OH is 1. The second-order valence-electron chi connectivity index (χ2n) is 6.90. The van der Waals surface area contributed by atoms with Gasteiger partial charge in [0.25, 0.3) is 0 Å². The topological polar surface area (TPSA) is 75.6 Å². The zero-order valence-electron chi connectivity index (χ0n) is 14.6. The number of ether oxygens (including phenoxy) is 6. The summed E-state index contributed by atoms with van der Waals surface area (Å²) < 4.78 is 33.9. The lowest BCUT2D eigenvalue weighted by atomic mass is 9.90. The van der Waals surface area contributed by atoms with Crippen LogP contribution in [0.4, 0.5) is 0 Å². The summed E-state index contributed by atoms with van der Waals surface area (Å²) in [6, 6.07) is 0. The molecule has 7 nitrogen and oxygen atoms in total. The highest BCUT2D eigenvalue weighted by Crippen LogP contribution is 2.38. The number of rotatable bonds is 6. The second kappa shape index (κ2) is 7.78. The molecular weight excluding hydrogens is 316 g/mol. The van der Waals surface area contributed by atoms with Gasteiger partial charge < -0.3 is 33.5 Å². The molecule has 2 aliphatic heterocycles. The molecule has 2 saturated heterocycles. The van der Waals surface area contributed by atoms with E-state index in [0.717, 1.165) is 31.4 Å². The summed E-state index contributed by atoms with van der Waals surface area (Å²) in [6.45, 7) is 4.81. The van der Waals surface area contributed by atoms with Crippen LogP contribution in [-0.4, -0.2) is 68.7 Å². The predicted octanol–water partition coefficient (Wildman–Crippen LogP) is 1.34. The summed E-state index contributed by atoms with van der Waals surface area (Å²) >= 11 is 0. The highest BCUT2D eigenvalue weighted by molar-refractivity contribution is 5.22. The number of aliphatic hydroxyl groups is 1. The molecule has 0 aromatic carbocycles. The van der Waals surface area contributed by atoms with E-state index >= 15 is 0 Å². The van der Waals surface area contributed by atoms with Crippen molar-refractivity contribution in [3.05, 3.63) is 11.6 Å². The standard InChI is InChI=1S/C17H28O7/c1-17(2)23-15-12(22-10-19-3)8-11(14(18)16(15)24-17)9-21-13-6-4-5-7-20-13/h8,12-16,18H,4-7,9-10H2,1-3H3/t12-,13?,14?,15-,16+/m1/s1. The van der Waals surface area contributed by atoms with Crippen LogP contribution >= 0.6 is 0 Å². The first kappa shape index (κ1) is 18.3. The van der Waals surface area contributed by atoms with Crippen molar-refractivity contribution < 1.29 is 33.5 Å². The highest BCUT2D eigenvalue weighted by Gasteiger charge is 2.51. The molecule has 5 atom stereocenters. The summed E-state index contributed by atoms with van der Waals surface area (Å²) in [5, 5.41) is 10.7. The maximum Gasteiger partial charge on any atom is 0.164 e. The normalized spacial score (nSPS) is 38.7. The Morgan fingerprint density at radius 2 is 2.00 bits per heavy atom. The largest absolute Gasteiger partial charge is 0.386 e. The van der Waals surface area contributed by atoms with Crippen LogP contribution in [0.3, 0.4) is 0 Å². The van der Waals surface area contributed by atoms with Crippen LogP contribution in [0.15, 0.2) is 11.6 Å². The van der Waals surface area contributed by atoms with Crippen molar-refractivity contribution in [3.8, 4) is 0 Å². The van der Waals surface area contributed by atoms with Gasteiger partial charge in [-0.2, -0.15) is 0 Å². The zero-order valence-corrected chi connectivity index (χ0v) is 14.6. The van der Waals surface area contributed by atoms with Crippen molar-refractivity contribution in [2.75, 3.05) is 27.1 Å². The van der Waals surface area contributed by atoms with Gasteiger partial charge in [0.2, 0.25) is 0 Å². The first-order valence-electron chi connectivity index (χ1n) is 8.58. The van der Waals surface area contributed by atoms with E-state index in [0.29, 0.717) is 0 Å². The number of hydrogen-bond acceptors (Lipinski definition) is 7. The van der Waals surface area contributed by atoms with Crippen molar-refractivity contribution in [2.45, 2.75) is 69.6 Å². The lowest BCUT2D eigenvalue weighted by Gasteiger charge is -2.34. The molecule has 24 heavy (non-hydrogen) atoms. The first-order chi connectivity index (χ1) is 11.5. The van der Waals surface area contributed by atoms with E-state index < -0.39 is 18.0 Å². The molecule has 0 saturated carbocycles. The minimum absolute atomic E-state index is 0.143. The van der Waals surface area contributed by atoms with Crippen LogP contribution in [0, 0.1) is 0 Å². The SMILES string of the molecule is COCO[C@@H]1C=C(COC2CCCCO2)C(O)[C@@H]2OC(C)(C)O[C@H]12. The van der Waals surface area contributed by atoms with E-state index in [-0.39, 0.29) is 31.9 Å². The molecule has 0 amide bonds. The molecule has 1 N–H and O–H groups in total.